The minimum absolute atomic E-state index is 0.0582. The van der Waals surface area contributed by atoms with Gasteiger partial charge in [0.2, 0.25) is 15.9 Å². The number of amides is 1. The summed E-state index contributed by atoms with van der Waals surface area (Å²) in [5.41, 5.74) is 1.44. The van der Waals surface area contributed by atoms with Crippen LogP contribution in [0.5, 0.6) is 0 Å². The summed E-state index contributed by atoms with van der Waals surface area (Å²) in [6.07, 6.45) is 0.809. The first-order valence-electron chi connectivity index (χ1n) is 9.44. The molecular formula is C21H25N3O4S. The topological polar surface area (TPSA) is 86.8 Å². The third kappa shape index (κ3) is 5.02. The number of sulfonamides is 1. The molecule has 0 aromatic heterocycles. The van der Waals surface area contributed by atoms with E-state index in [-0.39, 0.29) is 29.2 Å². The van der Waals surface area contributed by atoms with Crippen LogP contribution < -0.4 is 5.32 Å². The molecule has 1 unspecified atom stereocenters. The third-order valence-corrected chi connectivity index (χ3v) is 6.83. The fourth-order valence-corrected chi connectivity index (χ4v) is 4.41. The van der Waals surface area contributed by atoms with Gasteiger partial charge in [-0.3, -0.25) is 9.59 Å². The van der Waals surface area contributed by atoms with Crippen LogP contribution in [-0.4, -0.2) is 62.0 Å². The number of carbonyl (C=O) groups is 2. The molecular weight excluding hydrogens is 390 g/mol. The fourth-order valence-electron chi connectivity index (χ4n) is 3.29. The predicted octanol–water partition coefficient (Wildman–Crippen LogP) is 2.22. The Bertz CT molecular complexity index is 975. The standard InChI is InChI=1S/C21H25N3O4S/c1-16(25)17-8-10-20(11-9-17)29(27,28)23(2)15-21(26)24-13-12-19(14-24)22-18-6-4-3-5-7-18/h3-11,19,22H,12-15H2,1-2H3. The summed E-state index contributed by atoms with van der Waals surface area (Å²) in [5.74, 6) is -0.362. The number of para-hydroxylation sites is 1. The van der Waals surface area contributed by atoms with Gasteiger partial charge >= 0.3 is 0 Å². The Kier molecular flexibility index (Phi) is 6.34. The van der Waals surface area contributed by atoms with E-state index in [0.29, 0.717) is 18.7 Å². The second-order valence-electron chi connectivity index (χ2n) is 7.18. The van der Waals surface area contributed by atoms with Gasteiger partial charge in [-0.25, -0.2) is 8.42 Å². The van der Waals surface area contributed by atoms with E-state index in [4.69, 9.17) is 0 Å². The number of hydrogen-bond donors (Lipinski definition) is 1. The van der Waals surface area contributed by atoms with Gasteiger partial charge in [0.25, 0.3) is 0 Å². The molecule has 29 heavy (non-hydrogen) atoms. The molecule has 1 aliphatic rings. The van der Waals surface area contributed by atoms with Gasteiger partial charge in [-0.1, -0.05) is 30.3 Å². The number of ketones is 1. The average molecular weight is 416 g/mol. The van der Waals surface area contributed by atoms with Crippen molar-refractivity contribution in [2.45, 2.75) is 24.3 Å². The highest BCUT2D eigenvalue weighted by molar-refractivity contribution is 7.89. The van der Waals surface area contributed by atoms with E-state index in [0.717, 1.165) is 16.4 Å². The second kappa shape index (κ2) is 8.75. The van der Waals surface area contributed by atoms with E-state index in [1.807, 2.05) is 30.3 Å². The van der Waals surface area contributed by atoms with Crippen LogP contribution in [0.4, 0.5) is 5.69 Å². The molecule has 1 saturated heterocycles. The molecule has 7 nitrogen and oxygen atoms in total. The van der Waals surface area contributed by atoms with E-state index >= 15 is 0 Å². The maximum Gasteiger partial charge on any atom is 0.243 e. The maximum absolute atomic E-state index is 12.7. The molecule has 1 fully saturated rings. The molecule has 0 aliphatic carbocycles. The lowest BCUT2D eigenvalue weighted by Gasteiger charge is -2.22. The number of Topliss-reactive ketones (excluding diaryl/α,β-unsaturated/α-hetero) is 1. The lowest BCUT2D eigenvalue weighted by atomic mass is 10.2. The molecule has 2 aromatic rings. The number of carbonyl (C=O) groups excluding carboxylic acids is 2. The van der Waals surface area contributed by atoms with E-state index < -0.39 is 10.0 Å². The van der Waals surface area contributed by atoms with Gasteiger partial charge in [0, 0.05) is 37.4 Å². The lowest BCUT2D eigenvalue weighted by molar-refractivity contribution is -0.130. The zero-order valence-corrected chi connectivity index (χ0v) is 17.4. The highest BCUT2D eigenvalue weighted by atomic mass is 32.2. The minimum atomic E-state index is -3.81. The minimum Gasteiger partial charge on any atom is -0.380 e. The van der Waals surface area contributed by atoms with Crippen LogP contribution in [0.25, 0.3) is 0 Å². The molecule has 1 atom stereocenters. The summed E-state index contributed by atoms with van der Waals surface area (Å²) < 4.78 is 26.5. The molecule has 0 radical (unpaired) electrons. The summed E-state index contributed by atoms with van der Waals surface area (Å²) in [7, 11) is -2.42. The molecule has 1 N–H and O–H groups in total. The largest absolute Gasteiger partial charge is 0.380 e. The van der Waals surface area contributed by atoms with Gasteiger partial charge in [-0.05, 0) is 37.6 Å². The molecule has 0 saturated carbocycles. The van der Waals surface area contributed by atoms with E-state index in [9.17, 15) is 18.0 Å². The Morgan fingerprint density at radius 2 is 1.76 bits per heavy atom. The van der Waals surface area contributed by atoms with Crippen LogP contribution in [0, 0.1) is 0 Å². The Morgan fingerprint density at radius 1 is 1.10 bits per heavy atom. The first-order valence-corrected chi connectivity index (χ1v) is 10.9. The van der Waals surface area contributed by atoms with E-state index in [1.165, 1.54) is 38.2 Å². The summed E-state index contributed by atoms with van der Waals surface area (Å²) in [4.78, 5) is 25.7. The van der Waals surface area contributed by atoms with Crippen LogP contribution in [-0.2, 0) is 14.8 Å². The smallest absolute Gasteiger partial charge is 0.243 e. The zero-order chi connectivity index (χ0) is 21.0. The van der Waals surface area contributed by atoms with Crippen LogP contribution in [0.1, 0.15) is 23.7 Å². The van der Waals surface area contributed by atoms with Crippen molar-refractivity contribution in [1.82, 2.24) is 9.21 Å². The normalized spacial score (nSPS) is 16.8. The van der Waals surface area contributed by atoms with E-state index in [1.54, 1.807) is 4.90 Å². The van der Waals surface area contributed by atoms with Gasteiger partial charge in [-0.15, -0.1) is 0 Å². The van der Waals surface area contributed by atoms with Crippen molar-refractivity contribution in [2.75, 3.05) is 32.0 Å². The zero-order valence-electron chi connectivity index (χ0n) is 16.5. The Hall–Kier alpha value is -2.71. The average Bonchev–Trinajstić information content (AvgIpc) is 3.17. The number of benzene rings is 2. The molecule has 1 aliphatic heterocycles. The predicted molar refractivity (Wildman–Crippen MR) is 111 cm³/mol. The molecule has 3 rings (SSSR count). The number of likely N-dealkylation sites (N-methyl/N-ethyl adjacent to an activating group) is 1. The van der Waals surface area contributed by atoms with Crippen molar-refractivity contribution in [2.24, 2.45) is 0 Å². The van der Waals surface area contributed by atoms with Crippen molar-refractivity contribution in [1.29, 1.82) is 0 Å². The van der Waals surface area contributed by atoms with Crippen LogP contribution >= 0.6 is 0 Å². The quantitative estimate of drug-likeness (QED) is 0.701. The van der Waals surface area contributed by atoms with Crippen LogP contribution in [0.15, 0.2) is 59.5 Å². The van der Waals surface area contributed by atoms with Crippen molar-refractivity contribution >= 4 is 27.4 Å². The van der Waals surface area contributed by atoms with Crippen LogP contribution in [0.2, 0.25) is 0 Å². The monoisotopic (exact) mass is 415 g/mol. The van der Waals surface area contributed by atoms with Gasteiger partial charge in [-0.2, -0.15) is 4.31 Å². The molecule has 0 bridgehead atoms. The number of nitrogens with one attached hydrogen (secondary N) is 1. The number of anilines is 1. The fraction of sp³-hybridized carbons (Fsp3) is 0.333. The van der Waals surface area contributed by atoms with Gasteiger partial charge in [0.1, 0.15) is 0 Å². The Balaban J connectivity index is 1.59. The lowest BCUT2D eigenvalue weighted by Crippen LogP contribution is -2.40. The first kappa shape index (κ1) is 21.0. The van der Waals surface area contributed by atoms with Crippen molar-refractivity contribution < 1.29 is 18.0 Å². The van der Waals surface area contributed by atoms with Gasteiger partial charge in [0.05, 0.1) is 11.4 Å². The molecule has 0 spiro atoms. The number of rotatable bonds is 7. The highest BCUT2D eigenvalue weighted by Gasteiger charge is 2.29. The third-order valence-electron chi connectivity index (χ3n) is 5.01. The van der Waals surface area contributed by atoms with Crippen molar-refractivity contribution in [3.63, 3.8) is 0 Å². The van der Waals surface area contributed by atoms with Gasteiger partial charge in [0.15, 0.2) is 5.78 Å². The summed E-state index contributed by atoms with van der Waals surface area (Å²) in [6, 6.07) is 15.7. The van der Waals surface area contributed by atoms with Crippen molar-refractivity contribution in [3.05, 3.63) is 60.2 Å². The maximum atomic E-state index is 12.7. The second-order valence-corrected chi connectivity index (χ2v) is 9.22. The SMILES string of the molecule is CC(=O)c1ccc(S(=O)(=O)N(C)CC(=O)N2CCC(Nc3ccccc3)C2)cc1. The highest BCUT2D eigenvalue weighted by Crippen LogP contribution is 2.18. The molecule has 2 aromatic carbocycles. The van der Waals surface area contributed by atoms with Gasteiger partial charge < -0.3 is 10.2 Å². The molecule has 1 heterocycles. The van der Waals surface area contributed by atoms with Crippen molar-refractivity contribution in [3.8, 4) is 0 Å². The Labute approximate surface area is 171 Å². The number of nitrogens with zero attached hydrogens (tertiary/aromatic N) is 2. The number of hydrogen-bond acceptors (Lipinski definition) is 5. The van der Waals surface area contributed by atoms with Crippen LogP contribution in [0.3, 0.4) is 0 Å². The summed E-state index contributed by atoms with van der Waals surface area (Å²) in [6.45, 7) is 2.32. The first-order chi connectivity index (χ1) is 13.8. The van der Waals surface area contributed by atoms with E-state index in [2.05, 4.69) is 5.32 Å². The molecule has 154 valence electrons. The number of likely N-dealkylation sites (tertiary alicyclic amines) is 1. The molecule has 1 amide bonds. The molecule has 8 heteroatoms. The Morgan fingerprint density at radius 3 is 2.38 bits per heavy atom. The summed E-state index contributed by atoms with van der Waals surface area (Å²) >= 11 is 0. The summed E-state index contributed by atoms with van der Waals surface area (Å²) in [5, 5.41) is 3.40.